The third kappa shape index (κ3) is 61.9. The van der Waals surface area contributed by atoms with Crippen LogP contribution < -0.4 is 5.11 Å². The van der Waals surface area contributed by atoms with Crippen molar-refractivity contribution in [3.8, 4) is 0 Å². The molecule has 79 heavy (non-hydrogen) atoms. The lowest BCUT2D eigenvalue weighted by Crippen LogP contribution is -2.44. The van der Waals surface area contributed by atoms with Gasteiger partial charge in [0.1, 0.15) is 13.2 Å². The molecule has 0 N–H and O–H groups in total. The molecule has 2 unspecified atom stereocenters. The number of carboxylic acid groups (broad SMARTS) is 1. The summed E-state index contributed by atoms with van der Waals surface area (Å²) in [4.78, 5) is 37.4. The van der Waals surface area contributed by atoms with Gasteiger partial charge >= 0.3 is 11.9 Å². The van der Waals surface area contributed by atoms with E-state index in [1.54, 1.807) is 0 Å². The molecule has 456 valence electrons. The van der Waals surface area contributed by atoms with Crippen molar-refractivity contribution in [2.45, 2.75) is 296 Å². The van der Waals surface area contributed by atoms with Crippen molar-refractivity contribution < 1.29 is 42.9 Å². The van der Waals surface area contributed by atoms with E-state index in [0.717, 1.165) is 83.5 Å². The second-order valence-electron chi connectivity index (χ2n) is 23.0. The van der Waals surface area contributed by atoms with Crippen LogP contribution in [0.25, 0.3) is 0 Å². The molecule has 0 fully saturated rings. The number of ether oxygens (including phenoxy) is 4. The normalized spacial score (nSPS) is 13.3. The van der Waals surface area contributed by atoms with Gasteiger partial charge in [0, 0.05) is 12.8 Å². The lowest BCUT2D eigenvalue weighted by molar-refractivity contribution is -0.870. The van der Waals surface area contributed by atoms with Gasteiger partial charge in [-0.2, -0.15) is 0 Å². The maximum Gasteiger partial charge on any atom is 0.306 e. The molecule has 0 aromatic carbocycles. The van der Waals surface area contributed by atoms with Crippen molar-refractivity contribution in [2.24, 2.45) is 0 Å². The van der Waals surface area contributed by atoms with Gasteiger partial charge in [0.15, 0.2) is 12.4 Å². The van der Waals surface area contributed by atoms with Crippen LogP contribution in [0.2, 0.25) is 0 Å². The van der Waals surface area contributed by atoms with Crippen LogP contribution >= 0.6 is 0 Å². The van der Waals surface area contributed by atoms with Crippen molar-refractivity contribution in [3.63, 3.8) is 0 Å². The number of esters is 2. The maximum absolute atomic E-state index is 12.9. The molecule has 0 aromatic rings. The number of hydrogen-bond donors (Lipinski definition) is 0. The van der Waals surface area contributed by atoms with Gasteiger partial charge in [-0.25, -0.2) is 0 Å². The number of hydrogen-bond acceptors (Lipinski definition) is 8. The Balaban J connectivity index is 4.16. The predicted octanol–water partition coefficient (Wildman–Crippen LogP) is 18.6. The van der Waals surface area contributed by atoms with Crippen LogP contribution in [0.3, 0.4) is 0 Å². The molecule has 2 atom stereocenters. The molecule has 0 aromatic heterocycles. The molecule has 9 nitrogen and oxygen atoms in total. The van der Waals surface area contributed by atoms with E-state index in [2.05, 4.69) is 98.9 Å². The number of rotatable bonds is 60. The monoisotopic (exact) mass is 1110 g/mol. The molecule has 0 heterocycles. The second-order valence-corrected chi connectivity index (χ2v) is 23.0. The van der Waals surface area contributed by atoms with Gasteiger partial charge in [-0.05, 0) is 89.9 Å². The summed E-state index contributed by atoms with van der Waals surface area (Å²) in [7, 11) is 5.93. The van der Waals surface area contributed by atoms with E-state index in [-0.39, 0.29) is 38.6 Å². The Morgan fingerprint density at radius 3 is 1.08 bits per heavy atom. The third-order valence-electron chi connectivity index (χ3n) is 14.1. The highest BCUT2D eigenvalue weighted by Crippen LogP contribution is 2.17. The Hall–Kier alpha value is -3.53. The number of carbonyl (C=O) groups is 3. The van der Waals surface area contributed by atoms with Crippen LogP contribution in [0.1, 0.15) is 284 Å². The predicted molar refractivity (Wildman–Crippen MR) is 334 cm³/mol. The standard InChI is InChI=1S/C70H123NO8/c1-6-8-10-12-14-16-18-20-22-24-26-28-30-32-33-34-35-37-38-40-42-44-46-48-50-52-54-56-58-60-67(72)77-64-66(65-78-70(69(74)75)76-63-62-71(3,4)5)79-68(73)61-59-57-55-53-51-49-47-45-43-41-39-36-31-29-27-25-23-21-19-17-15-13-11-9-7-2/h9,11,15,17-18,20-21,23-24,26-27,29,36,39,66,70H,6-8,10,12-14,16,19,22,25,28,30-35,37-38,40-65H2,1-5H3/b11-9-,17-15-,20-18-,23-21-,26-24-,29-27-,39-36-. The van der Waals surface area contributed by atoms with Crippen molar-refractivity contribution in [3.05, 3.63) is 85.1 Å². The molecule has 0 bridgehead atoms. The summed E-state index contributed by atoms with van der Waals surface area (Å²) < 4.78 is 22.8. The summed E-state index contributed by atoms with van der Waals surface area (Å²) in [6, 6.07) is 0. The minimum atomic E-state index is -1.63. The number of carboxylic acids is 1. The first-order valence-corrected chi connectivity index (χ1v) is 32.7. The number of quaternary nitrogens is 1. The van der Waals surface area contributed by atoms with E-state index in [0.29, 0.717) is 17.4 Å². The Kier molecular flexibility index (Phi) is 57.9. The summed E-state index contributed by atoms with van der Waals surface area (Å²) in [5, 5.41) is 11.8. The van der Waals surface area contributed by atoms with Gasteiger partial charge in [0.25, 0.3) is 0 Å². The largest absolute Gasteiger partial charge is 0.545 e. The molecule has 0 spiro atoms. The van der Waals surface area contributed by atoms with Gasteiger partial charge in [-0.1, -0.05) is 266 Å². The van der Waals surface area contributed by atoms with Crippen molar-refractivity contribution in [1.82, 2.24) is 0 Å². The van der Waals surface area contributed by atoms with Gasteiger partial charge < -0.3 is 33.3 Å². The summed E-state index contributed by atoms with van der Waals surface area (Å²) in [5.41, 5.74) is 0. The Morgan fingerprint density at radius 1 is 0.392 bits per heavy atom. The minimum Gasteiger partial charge on any atom is -0.545 e. The number of carbonyl (C=O) groups excluding carboxylic acids is 3. The molecule has 0 rings (SSSR count). The zero-order valence-electron chi connectivity index (χ0n) is 52.0. The van der Waals surface area contributed by atoms with Gasteiger partial charge in [-0.15, -0.1) is 0 Å². The molecule has 0 saturated heterocycles. The van der Waals surface area contributed by atoms with Gasteiger partial charge in [-0.3, -0.25) is 9.59 Å². The Morgan fingerprint density at radius 2 is 0.722 bits per heavy atom. The Labute approximate surface area is 487 Å². The van der Waals surface area contributed by atoms with Crippen LogP contribution in [-0.2, 0) is 33.3 Å². The average molecular weight is 1110 g/mol. The number of allylic oxidation sites excluding steroid dienone is 14. The topological polar surface area (TPSA) is 111 Å². The smallest absolute Gasteiger partial charge is 0.306 e. The fourth-order valence-electron chi connectivity index (χ4n) is 9.12. The third-order valence-corrected chi connectivity index (χ3v) is 14.1. The number of likely N-dealkylation sites (N-methyl/N-ethyl adjacent to an activating group) is 1. The summed E-state index contributed by atoms with van der Waals surface area (Å²) >= 11 is 0. The second kappa shape index (κ2) is 60.6. The SMILES string of the molecule is CC/C=C\C/C=C\C/C=C\C/C=C\C/C=C\CCCCCCCCCCCC(=O)OC(COC(=O)CCCCCCCCCCCCCCCCCCC/C=C\C/C=C\CCCCCCC)COC(OCC[N+](C)(C)C)C(=O)[O-]. The van der Waals surface area contributed by atoms with Crippen LogP contribution in [0.5, 0.6) is 0 Å². The lowest BCUT2D eigenvalue weighted by Gasteiger charge is -2.26. The molecule has 0 aliphatic rings. The van der Waals surface area contributed by atoms with Crippen molar-refractivity contribution in [2.75, 3.05) is 47.5 Å². The highest BCUT2D eigenvalue weighted by Gasteiger charge is 2.22. The maximum atomic E-state index is 12.9. The molecule has 0 aliphatic heterocycles. The summed E-state index contributed by atoms with van der Waals surface area (Å²) in [6.45, 7) is 4.64. The van der Waals surface area contributed by atoms with E-state index in [1.165, 1.54) is 167 Å². The number of unbranched alkanes of at least 4 members (excludes halogenated alkanes) is 31. The highest BCUT2D eigenvalue weighted by atomic mass is 16.7. The zero-order chi connectivity index (χ0) is 57.6. The van der Waals surface area contributed by atoms with E-state index in [4.69, 9.17) is 18.9 Å². The molecule has 0 amide bonds. The van der Waals surface area contributed by atoms with Gasteiger partial charge in [0.2, 0.25) is 0 Å². The first-order valence-electron chi connectivity index (χ1n) is 32.7. The van der Waals surface area contributed by atoms with E-state index in [9.17, 15) is 19.5 Å². The number of nitrogens with zero attached hydrogens (tertiary/aromatic N) is 1. The molecule has 0 aliphatic carbocycles. The first kappa shape index (κ1) is 75.5. The lowest BCUT2D eigenvalue weighted by atomic mass is 10.0. The van der Waals surface area contributed by atoms with Crippen molar-refractivity contribution in [1.29, 1.82) is 0 Å². The molecule has 0 radical (unpaired) electrons. The van der Waals surface area contributed by atoms with Crippen LogP contribution in [0, 0.1) is 0 Å². The molecule has 0 saturated carbocycles. The van der Waals surface area contributed by atoms with Crippen LogP contribution in [0.15, 0.2) is 85.1 Å². The number of aliphatic carboxylic acids is 1. The highest BCUT2D eigenvalue weighted by molar-refractivity contribution is 5.70. The minimum absolute atomic E-state index is 0.144. The Bertz CT molecular complexity index is 1570. The van der Waals surface area contributed by atoms with Crippen LogP contribution in [-0.4, -0.2) is 82.3 Å². The molecular formula is C70H123NO8. The fraction of sp³-hybridized carbons (Fsp3) is 0.757. The summed E-state index contributed by atoms with van der Waals surface area (Å²) in [6.07, 6.45) is 77.9. The summed E-state index contributed by atoms with van der Waals surface area (Å²) in [5.74, 6) is -2.28. The van der Waals surface area contributed by atoms with E-state index in [1.807, 2.05) is 21.1 Å². The van der Waals surface area contributed by atoms with E-state index < -0.39 is 24.3 Å². The molecular weight excluding hydrogens is 983 g/mol. The van der Waals surface area contributed by atoms with Gasteiger partial charge in [0.05, 0.1) is 40.3 Å². The van der Waals surface area contributed by atoms with E-state index >= 15 is 0 Å². The van der Waals surface area contributed by atoms with Crippen LogP contribution in [0.4, 0.5) is 0 Å². The van der Waals surface area contributed by atoms with Crippen molar-refractivity contribution >= 4 is 17.9 Å². The fourth-order valence-corrected chi connectivity index (χ4v) is 9.12. The zero-order valence-corrected chi connectivity index (χ0v) is 52.0. The first-order chi connectivity index (χ1) is 38.6. The quantitative estimate of drug-likeness (QED) is 0.0195. The molecule has 9 heteroatoms. The average Bonchev–Trinajstić information content (AvgIpc) is 3.42.